The van der Waals surface area contributed by atoms with Gasteiger partial charge in [0.05, 0.1) is 43.6 Å². The van der Waals surface area contributed by atoms with E-state index >= 15 is 0 Å². The topological polar surface area (TPSA) is 82.0 Å². The van der Waals surface area contributed by atoms with Gasteiger partial charge in [0.1, 0.15) is 0 Å². The number of benzene rings is 1. The number of anilines is 1. The van der Waals surface area contributed by atoms with E-state index in [-0.39, 0.29) is 12.4 Å². The normalized spacial score (nSPS) is 10.7. The Morgan fingerprint density at radius 2 is 2.20 bits per heavy atom. The number of ether oxygens (including phenoxy) is 3. The number of aromatic nitrogens is 1. The highest BCUT2D eigenvalue weighted by Gasteiger charge is 2.10. The zero-order valence-electron chi connectivity index (χ0n) is 14.0. The van der Waals surface area contributed by atoms with Crippen molar-refractivity contribution >= 4 is 44.6 Å². The summed E-state index contributed by atoms with van der Waals surface area (Å²) in [6.07, 6.45) is 1.79. The first-order chi connectivity index (χ1) is 12.1. The number of hydrazone groups is 1. The van der Waals surface area contributed by atoms with E-state index in [1.807, 2.05) is 12.1 Å². The van der Waals surface area contributed by atoms with Gasteiger partial charge in [0.15, 0.2) is 11.5 Å². The highest BCUT2D eigenvalue weighted by atomic mass is 79.9. The largest absolute Gasteiger partial charge is 0.493 e. The van der Waals surface area contributed by atoms with Gasteiger partial charge >= 0.3 is 5.97 Å². The minimum atomic E-state index is -0.293. The molecule has 0 atom stereocenters. The van der Waals surface area contributed by atoms with E-state index in [1.165, 1.54) is 11.3 Å². The van der Waals surface area contributed by atoms with Crippen molar-refractivity contribution < 1.29 is 19.0 Å². The van der Waals surface area contributed by atoms with Crippen LogP contribution in [0.3, 0.4) is 0 Å². The molecule has 0 amide bonds. The lowest BCUT2D eigenvalue weighted by Crippen LogP contribution is -2.07. The van der Waals surface area contributed by atoms with Gasteiger partial charge in [-0.25, -0.2) is 4.98 Å². The second kappa shape index (κ2) is 9.38. The highest BCUT2D eigenvalue weighted by Crippen LogP contribution is 2.35. The number of thiazole rings is 1. The van der Waals surface area contributed by atoms with Gasteiger partial charge in [0, 0.05) is 5.38 Å². The summed E-state index contributed by atoms with van der Waals surface area (Å²) >= 11 is 4.80. The third-order valence-electron chi connectivity index (χ3n) is 3.01. The lowest BCUT2D eigenvalue weighted by atomic mass is 10.2. The molecule has 0 aliphatic heterocycles. The molecule has 2 aromatic rings. The molecular formula is C16H18BrN3O4S. The summed E-state index contributed by atoms with van der Waals surface area (Å²) in [5.41, 5.74) is 4.31. The monoisotopic (exact) mass is 427 g/mol. The Morgan fingerprint density at radius 3 is 2.88 bits per heavy atom. The van der Waals surface area contributed by atoms with E-state index in [1.54, 1.807) is 32.7 Å². The fourth-order valence-electron chi connectivity index (χ4n) is 1.97. The van der Waals surface area contributed by atoms with Crippen LogP contribution in [0.2, 0.25) is 0 Å². The molecule has 0 fully saturated rings. The molecule has 0 aliphatic carbocycles. The van der Waals surface area contributed by atoms with Crippen molar-refractivity contribution in [3.8, 4) is 11.5 Å². The number of halogens is 1. The van der Waals surface area contributed by atoms with Crippen LogP contribution in [0.4, 0.5) is 5.13 Å². The Kier molecular flexibility index (Phi) is 7.20. The van der Waals surface area contributed by atoms with E-state index in [4.69, 9.17) is 14.2 Å². The Hall–Kier alpha value is -2.13. The first kappa shape index (κ1) is 19.2. The Morgan fingerprint density at radius 1 is 1.40 bits per heavy atom. The standard InChI is InChI=1S/C16H18BrN3O4S/c1-4-24-14(21)7-11-9-25-16(19-11)20-18-8-10-5-12(17)15(23-3)13(6-10)22-2/h5-6,8-9H,4,7H2,1-3H3,(H,19,20)/b18-8-. The Balaban J connectivity index is 2.00. The predicted molar refractivity (Wildman–Crippen MR) is 101 cm³/mol. The van der Waals surface area contributed by atoms with E-state index in [0.29, 0.717) is 28.9 Å². The lowest BCUT2D eigenvalue weighted by Gasteiger charge is -2.10. The van der Waals surface area contributed by atoms with Crippen molar-refractivity contribution in [1.82, 2.24) is 4.98 Å². The van der Waals surface area contributed by atoms with Crippen molar-refractivity contribution in [3.63, 3.8) is 0 Å². The first-order valence-corrected chi connectivity index (χ1v) is 9.05. The first-order valence-electron chi connectivity index (χ1n) is 7.38. The Labute approximate surface area is 158 Å². The second-order valence-corrected chi connectivity index (χ2v) is 6.45. The molecule has 1 aromatic heterocycles. The van der Waals surface area contributed by atoms with Crippen LogP contribution >= 0.6 is 27.3 Å². The average Bonchev–Trinajstić information content (AvgIpc) is 3.01. The summed E-state index contributed by atoms with van der Waals surface area (Å²) in [4.78, 5) is 15.7. The maximum absolute atomic E-state index is 11.4. The van der Waals surface area contributed by atoms with Gasteiger partial charge in [-0.3, -0.25) is 10.2 Å². The summed E-state index contributed by atoms with van der Waals surface area (Å²) in [6, 6.07) is 3.67. The molecule has 1 aromatic carbocycles. The molecule has 134 valence electrons. The maximum Gasteiger partial charge on any atom is 0.311 e. The zero-order chi connectivity index (χ0) is 18.2. The van der Waals surface area contributed by atoms with Crippen molar-refractivity contribution in [2.75, 3.05) is 26.3 Å². The van der Waals surface area contributed by atoms with Gasteiger partial charge in [-0.05, 0) is 40.5 Å². The molecule has 0 bridgehead atoms. The van der Waals surface area contributed by atoms with Crippen LogP contribution in [0.1, 0.15) is 18.2 Å². The number of carbonyl (C=O) groups excluding carboxylic acids is 1. The molecule has 0 saturated heterocycles. The molecule has 0 radical (unpaired) electrons. The van der Waals surface area contributed by atoms with E-state index in [9.17, 15) is 4.79 Å². The number of rotatable bonds is 8. The van der Waals surface area contributed by atoms with Crippen LogP contribution in [0.15, 0.2) is 27.1 Å². The van der Waals surface area contributed by atoms with E-state index in [0.717, 1.165) is 10.0 Å². The summed E-state index contributed by atoms with van der Waals surface area (Å²) < 4.78 is 16.2. The van der Waals surface area contributed by atoms with Crippen LogP contribution in [-0.4, -0.2) is 38.0 Å². The fourth-order valence-corrected chi connectivity index (χ4v) is 3.25. The molecule has 2 rings (SSSR count). The minimum absolute atomic E-state index is 0.151. The number of esters is 1. The van der Waals surface area contributed by atoms with Gasteiger partial charge in [0.25, 0.3) is 0 Å². The molecule has 7 nitrogen and oxygen atoms in total. The second-order valence-electron chi connectivity index (χ2n) is 4.73. The lowest BCUT2D eigenvalue weighted by molar-refractivity contribution is -0.142. The van der Waals surface area contributed by atoms with Crippen LogP contribution in [0.5, 0.6) is 11.5 Å². The molecule has 9 heteroatoms. The van der Waals surface area contributed by atoms with Crippen molar-refractivity contribution in [3.05, 3.63) is 33.2 Å². The van der Waals surface area contributed by atoms with Crippen LogP contribution < -0.4 is 14.9 Å². The number of hydrogen-bond donors (Lipinski definition) is 1. The maximum atomic E-state index is 11.4. The van der Waals surface area contributed by atoms with Crippen molar-refractivity contribution in [1.29, 1.82) is 0 Å². The number of methoxy groups -OCH3 is 2. The molecule has 1 heterocycles. The smallest absolute Gasteiger partial charge is 0.311 e. The molecule has 0 spiro atoms. The third-order valence-corrected chi connectivity index (χ3v) is 4.40. The molecule has 0 saturated carbocycles. The van der Waals surface area contributed by atoms with Gasteiger partial charge in [0.2, 0.25) is 5.13 Å². The van der Waals surface area contributed by atoms with Crippen LogP contribution in [0.25, 0.3) is 0 Å². The van der Waals surface area contributed by atoms with E-state index in [2.05, 4.69) is 31.4 Å². The van der Waals surface area contributed by atoms with Gasteiger partial charge < -0.3 is 14.2 Å². The Bertz CT molecular complexity index is 764. The van der Waals surface area contributed by atoms with E-state index < -0.39 is 0 Å². The SMILES string of the molecule is CCOC(=O)Cc1csc(N/N=C\c2cc(Br)c(OC)c(OC)c2)n1. The summed E-state index contributed by atoms with van der Waals surface area (Å²) in [5, 5.41) is 6.54. The molecule has 1 N–H and O–H groups in total. The van der Waals surface area contributed by atoms with Crippen molar-refractivity contribution in [2.45, 2.75) is 13.3 Å². The number of hydrogen-bond acceptors (Lipinski definition) is 8. The molecule has 0 aliphatic rings. The summed E-state index contributed by atoms with van der Waals surface area (Å²) in [6.45, 7) is 2.13. The quantitative estimate of drug-likeness (QED) is 0.394. The molecule has 25 heavy (non-hydrogen) atoms. The van der Waals surface area contributed by atoms with Gasteiger partial charge in [-0.1, -0.05) is 0 Å². The molecular weight excluding hydrogens is 410 g/mol. The molecule has 0 unspecified atom stereocenters. The predicted octanol–water partition coefficient (Wildman–Crippen LogP) is 3.47. The zero-order valence-corrected chi connectivity index (χ0v) is 16.4. The van der Waals surface area contributed by atoms with Gasteiger partial charge in [-0.2, -0.15) is 5.10 Å². The van der Waals surface area contributed by atoms with Crippen LogP contribution in [-0.2, 0) is 16.0 Å². The minimum Gasteiger partial charge on any atom is -0.493 e. The number of nitrogens with zero attached hydrogens (tertiary/aromatic N) is 2. The highest BCUT2D eigenvalue weighted by molar-refractivity contribution is 9.10. The number of nitrogens with one attached hydrogen (secondary N) is 1. The third kappa shape index (κ3) is 5.43. The fraction of sp³-hybridized carbons (Fsp3) is 0.312. The number of carbonyl (C=O) groups is 1. The van der Waals surface area contributed by atoms with Gasteiger partial charge in [-0.15, -0.1) is 11.3 Å². The van der Waals surface area contributed by atoms with Crippen molar-refractivity contribution in [2.24, 2.45) is 5.10 Å². The van der Waals surface area contributed by atoms with Crippen LogP contribution in [0, 0.1) is 0 Å². The average molecular weight is 428 g/mol. The summed E-state index contributed by atoms with van der Waals surface area (Å²) in [7, 11) is 3.15. The summed E-state index contributed by atoms with van der Waals surface area (Å²) in [5.74, 6) is 0.929.